The summed E-state index contributed by atoms with van der Waals surface area (Å²) < 4.78 is 5.27. The molecule has 0 unspecified atom stereocenters. The molecular weight excluding hydrogens is 88.1 g/mol. The number of rotatable bonds is 0. The lowest BCUT2D eigenvalue weighted by Crippen LogP contribution is -1.95. The lowest BCUT2D eigenvalue weighted by Gasteiger charge is -1.97. The van der Waals surface area contributed by atoms with E-state index in [0.29, 0.717) is 12.2 Å². The first-order valence-electron chi connectivity index (χ1n) is 3.03. The van der Waals surface area contributed by atoms with Crippen molar-refractivity contribution in [2.24, 2.45) is 5.92 Å². The maximum Gasteiger partial charge on any atom is 0.0867 e. The van der Waals surface area contributed by atoms with E-state index in [-0.39, 0.29) is 0 Å². The number of hydrogen-bond acceptors (Lipinski definition) is 1. The van der Waals surface area contributed by atoms with Crippen molar-refractivity contribution in [2.45, 2.75) is 32.0 Å². The predicted molar refractivity (Wildman–Crippen MR) is 27.1 cm³/mol. The molecule has 40 valence electrons. The third-order valence-corrected chi connectivity index (χ3v) is 2.09. The zero-order valence-electron chi connectivity index (χ0n) is 4.55. The van der Waals surface area contributed by atoms with Crippen molar-refractivity contribution in [1.82, 2.24) is 0 Å². The highest BCUT2D eigenvalue weighted by molar-refractivity contribution is 4.95. The molecular formula is C6H10O. The second-order valence-electron chi connectivity index (χ2n) is 2.69. The Morgan fingerprint density at radius 1 is 1.43 bits per heavy atom. The second kappa shape index (κ2) is 1.03. The molecule has 3 atom stereocenters. The quantitative estimate of drug-likeness (QED) is 0.414. The lowest BCUT2D eigenvalue weighted by molar-refractivity contribution is 0.276. The van der Waals surface area contributed by atoms with Gasteiger partial charge in [0.1, 0.15) is 0 Å². The van der Waals surface area contributed by atoms with E-state index in [1.165, 1.54) is 12.8 Å². The fourth-order valence-corrected chi connectivity index (χ4v) is 1.48. The summed E-state index contributed by atoms with van der Waals surface area (Å²) in [5.74, 6) is 0.866. The lowest BCUT2D eigenvalue weighted by atomic mass is 10.1. The van der Waals surface area contributed by atoms with Crippen molar-refractivity contribution < 1.29 is 4.74 Å². The van der Waals surface area contributed by atoms with E-state index in [1.54, 1.807) is 0 Å². The van der Waals surface area contributed by atoms with Crippen LogP contribution < -0.4 is 0 Å². The van der Waals surface area contributed by atoms with Gasteiger partial charge < -0.3 is 4.74 Å². The smallest absolute Gasteiger partial charge is 0.0867 e. The number of hydrogen-bond donors (Lipinski definition) is 0. The van der Waals surface area contributed by atoms with E-state index in [4.69, 9.17) is 4.74 Å². The average molecular weight is 98.1 g/mol. The minimum atomic E-state index is 0.681. The summed E-state index contributed by atoms with van der Waals surface area (Å²) in [5.41, 5.74) is 0. The molecule has 7 heavy (non-hydrogen) atoms. The average Bonchev–Trinajstić information content (AvgIpc) is 2.33. The third-order valence-electron chi connectivity index (χ3n) is 2.09. The van der Waals surface area contributed by atoms with Crippen LogP contribution in [0.1, 0.15) is 19.8 Å². The Morgan fingerprint density at radius 3 is 2.43 bits per heavy atom. The molecule has 2 rings (SSSR count). The largest absolute Gasteiger partial charge is 0.369 e. The molecule has 1 aliphatic carbocycles. The van der Waals surface area contributed by atoms with Gasteiger partial charge in [-0.15, -0.1) is 0 Å². The van der Waals surface area contributed by atoms with E-state index < -0.39 is 0 Å². The van der Waals surface area contributed by atoms with Gasteiger partial charge in [0.05, 0.1) is 12.2 Å². The van der Waals surface area contributed by atoms with Crippen LogP contribution in [0.3, 0.4) is 0 Å². The second-order valence-corrected chi connectivity index (χ2v) is 2.69. The minimum absolute atomic E-state index is 0.681. The summed E-state index contributed by atoms with van der Waals surface area (Å²) in [6, 6.07) is 0. The molecule has 1 heterocycles. The van der Waals surface area contributed by atoms with Gasteiger partial charge >= 0.3 is 0 Å². The molecule has 0 N–H and O–H groups in total. The van der Waals surface area contributed by atoms with Gasteiger partial charge in [0.15, 0.2) is 0 Å². The first-order chi connectivity index (χ1) is 3.38. The van der Waals surface area contributed by atoms with Crippen LogP contribution in [0.4, 0.5) is 0 Å². The standard InChI is InChI=1S/C6H10O/c1-4-2-3-5-6(4)7-5/h4-6H,2-3H2,1H3/t4-,5-,6+/m0/s1. The summed E-state index contributed by atoms with van der Waals surface area (Å²) in [4.78, 5) is 0. The number of ether oxygens (including phenoxy) is 1. The van der Waals surface area contributed by atoms with E-state index >= 15 is 0 Å². The molecule has 0 aromatic rings. The molecule has 0 amide bonds. The zero-order chi connectivity index (χ0) is 4.85. The van der Waals surface area contributed by atoms with Crippen LogP contribution in [-0.4, -0.2) is 12.2 Å². The Kier molecular flexibility index (Phi) is 0.571. The first-order valence-corrected chi connectivity index (χ1v) is 3.03. The summed E-state index contributed by atoms with van der Waals surface area (Å²) in [6.45, 7) is 2.28. The molecule has 0 spiro atoms. The van der Waals surface area contributed by atoms with Crippen LogP contribution in [0.2, 0.25) is 0 Å². The molecule has 1 aliphatic heterocycles. The van der Waals surface area contributed by atoms with Crippen molar-refractivity contribution in [3.05, 3.63) is 0 Å². The van der Waals surface area contributed by atoms with E-state index in [1.807, 2.05) is 0 Å². The van der Waals surface area contributed by atoms with E-state index in [0.717, 1.165) is 5.92 Å². The van der Waals surface area contributed by atoms with Gasteiger partial charge in [-0.3, -0.25) is 0 Å². The van der Waals surface area contributed by atoms with E-state index in [9.17, 15) is 0 Å². The van der Waals surface area contributed by atoms with Crippen LogP contribution >= 0.6 is 0 Å². The SMILES string of the molecule is C[C@H]1CC[C@@H]2O[C@@H]21. The van der Waals surface area contributed by atoms with Crippen LogP contribution in [0.15, 0.2) is 0 Å². The van der Waals surface area contributed by atoms with Crippen LogP contribution in [0.25, 0.3) is 0 Å². The molecule has 0 aromatic heterocycles. The zero-order valence-corrected chi connectivity index (χ0v) is 4.55. The molecule has 0 radical (unpaired) electrons. The molecule has 0 aromatic carbocycles. The highest BCUT2D eigenvalue weighted by Crippen LogP contribution is 2.42. The number of fused-ring (bicyclic) bond motifs is 1. The summed E-state index contributed by atoms with van der Waals surface area (Å²) in [6.07, 6.45) is 4.09. The molecule has 1 saturated carbocycles. The van der Waals surface area contributed by atoms with Crippen LogP contribution in [0, 0.1) is 5.92 Å². The molecule has 2 aliphatic rings. The monoisotopic (exact) mass is 98.1 g/mol. The summed E-state index contributed by atoms with van der Waals surface area (Å²) in [7, 11) is 0. The summed E-state index contributed by atoms with van der Waals surface area (Å²) in [5, 5.41) is 0. The Morgan fingerprint density at radius 2 is 2.29 bits per heavy atom. The molecule has 1 saturated heterocycles. The van der Waals surface area contributed by atoms with Gasteiger partial charge in [-0.25, -0.2) is 0 Å². The van der Waals surface area contributed by atoms with Crippen molar-refractivity contribution in [3.8, 4) is 0 Å². The third kappa shape index (κ3) is 0.418. The van der Waals surface area contributed by atoms with Crippen molar-refractivity contribution in [3.63, 3.8) is 0 Å². The van der Waals surface area contributed by atoms with Crippen LogP contribution in [-0.2, 0) is 4.74 Å². The fraction of sp³-hybridized carbons (Fsp3) is 1.00. The Bertz CT molecular complexity index is 90.2. The Labute approximate surface area is 43.7 Å². The van der Waals surface area contributed by atoms with Gasteiger partial charge in [-0.05, 0) is 18.8 Å². The van der Waals surface area contributed by atoms with Crippen molar-refractivity contribution in [1.29, 1.82) is 0 Å². The topological polar surface area (TPSA) is 12.5 Å². The molecule has 1 heteroatoms. The fourth-order valence-electron chi connectivity index (χ4n) is 1.48. The Balaban J connectivity index is 2.08. The minimum Gasteiger partial charge on any atom is -0.369 e. The maximum atomic E-state index is 5.27. The Hall–Kier alpha value is -0.0400. The maximum absolute atomic E-state index is 5.27. The van der Waals surface area contributed by atoms with Gasteiger partial charge in [0.25, 0.3) is 0 Å². The highest BCUT2D eigenvalue weighted by atomic mass is 16.6. The van der Waals surface area contributed by atoms with Crippen molar-refractivity contribution in [2.75, 3.05) is 0 Å². The van der Waals surface area contributed by atoms with Gasteiger partial charge in [-0.2, -0.15) is 0 Å². The first kappa shape index (κ1) is 3.90. The van der Waals surface area contributed by atoms with Gasteiger partial charge in [-0.1, -0.05) is 6.92 Å². The molecule has 0 bridgehead atoms. The van der Waals surface area contributed by atoms with Crippen molar-refractivity contribution >= 4 is 0 Å². The predicted octanol–water partition coefficient (Wildman–Crippen LogP) is 1.18. The van der Waals surface area contributed by atoms with Gasteiger partial charge in [0.2, 0.25) is 0 Å². The normalized spacial score (nSPS) is 57.0. The molecule has 2 fully saturated rings. The van der Waals surface area contributed by atoms with Crippen LogP contribution in [0.5, 0.6) is 0 Å². The number of epoxide rings is 1. The molecule has 1 nitrogen and oxygen atoms in total. The van der Waals surface area contributed by atoms with Gasteiger partial charge in [0, 0.05) is 0 Å². The van der Waals surface area contributed by atoms with E-state index in [2.05, 4.69) is 6.92 Å². The summed E-state index contributed by atoms with van der Waals surface area (Å²) >= 11 is 0. The highest BCUT2D eigenvalue weighted by Gasteiger charge is 2.47.